The molecule has 2 unspecified atom stereocenters. The first-order valence-electron chi connectivity index (χ1n) is 10.2. The molecule has 4 heteroatoms. The number of aromatic nitrogens is 2. The van der Waals surface area contributed by atoms with Crippen LogP contribution in [0.4, 0.5) is 0 Å². The Bertz CT molecular complexity index is 1520. The summed E-state index contributed by atoms with van der Waals surface area (Å²) in [6.45, 7) is 4.30. The summed E-state index contributed by atoms with van der Waals surface area (Å²) in [4.78, 5) is 0. The van der Waals surface area contributed by atoms with Crippen LogP contribution in [-0.4, -0.2) is 4.57 Å². The normalized spacial score (nSPS) is 17.9. The zero-order valence-corrected chi connectivity index (χ0v) is 19.1. The van der Waals surface area contributed by atoms with E-state index in [1.807, 2.05) is 22.9 Å². The molecule has 0 amide bonds. The van der Waals surface area contributed by atoms with Crippen LogP contribution < -0.4 is 9.30 Å². The van der Waals surface area contributed by atoms with Crippen molar-refractivity contribution in [1.29, 1.82) is 0 Å². The Balaban J connectivity index is 0.00000185. The topological polar surface area (TPSA) is 18.0 Å². The van der Waals surface area contributed by atoms with Crippen LogP contribution in [0.25, 0.3) is 33.1 Å². The Morgan fingerprint density at radius 1 is 0.839 bits per heavy atom. The predicted octanol–water partition coefficient (Wildman–Crippen LogP) is 5.60. The molecule has 3 nitrogen and oxygen atoms in total. The second kappa shape index (κ2) is 6.40. The van der Waals surface area contributed by atoms with Gasteiger partial charge in [-0.2, -0.15) is 18.6 Å². The van der Waals surface area contributed by atoms with Crippen LogP contribution in [0.1, 0.15) is 28.8 Å². The largest absolute Gasteiger partial charge is 0.496 e. The minimum Gasteiger partial charge on any atom is -0.496 e. The number of hydrogen-bond donors (Lipinski definition) is 0. The molecule has 0 bridgehead atoms. The molecule has 0 N–H and O–H groups in total. The molecule has 0 aliphatic carbocycles. The third-order valence-electron chi connectivity index (χ3n) is 6.67. The monoisotopic (exact) mass is 580 g/mol. The Kier molecular flexibility index (Phi) is 3.83. The van der Waals surface area contributed by atoms with Crippen LogP contribution in [0.5, 0.6) is 5.75 Å². The Hall–Kier alpha value is -3.20. The van der Waals surface area contributed by atoms with E-state index >= 15 is 0 Å². The van der Waals surface area contributed by atoms with Crippen molar-refractivity contribution in [3.05, 3.63) is 110 Å². The van der Waals surface area contributed by atoms with E-state index in [1.165, 1.54) is 32.9 Å². The van der Waals surface area contributed by atoms with Crippen molar-refractivity contribution in [2.45, 2.75) is 12.1 Å². The maximum absolute atomic E-state index is 6.73. The molecule has 2 aliphatic rings. The van der Waals surface area contributed by atoms with Gasteiger partial charge in [0.25, 0.3) is 0 Å². The molecule has 7 rings (SSSR count). The van der Waals surface area contributed by atoms with Crippen LogP contribution in [0.15, 0.2) is 79.0 Å². The van der Waals surface area contributed by atoms with Gasteiger partial charge in [0.2, 0.25) is 0 Å². The summed E-state index contributed by atoms with van der Waals surface area (Å²) in [6, 6.07) is 25.8. The van der Waals surface area contributed by atoms with Crippen LogP contribution in [0, 0.1) is 14.0 Å². The van der Waals surface area contributed by atoms with Gasteiger partial charge < -0.3 is 13.9 Å². The van der Waals surface area contributed by atoms with E-state index in [4.69, 9.17) is 4.74 Å². The molecule has 0 saturated heterocycles. The number of hydrogen-bond acceptors (Lipinski definition) is 1. The third kappa shape index (κ3) is 2.24. The van der Waals surface area contributed by atoms with E-state index in [0.717, 1.165) is 22.6 Å². The zero-order chi connectivity index (χ0) is 20.0. The average molecular weight is 580 g/mol. The number of benzene rings is 3. The second-order valence-corrected chi connectivity index (χ2v) is 8.19. The number of fused-ring (bicyclic) bond motifs is 8. The molecule has 1 radical (unpaired) electrons. The quantitative estimate of drug-likeness (QED) is 0.187. The maximum atomic E-state index is 6.73. The molecule has 3 aromatic carbocycles. The molecule has 5 aromatic rings. The summed E-state index contributed by atoms with van der Waals surface area (Å²) < 4.78 is 11.1. The number of rotatable bonds is 1. The first-order valence-corrected chi connectivity index (χ1v) is 10.2. The molecule has 2 atom stereocenters. The second-order valence-electron chi connectivity index (χ2n) is 8.19. The van der Waals surface area contributed by atoms with E-state index < -0.39 is 0 Å². The van der Waals surface area contributed by atoms with Gasteiger partial charge in [-0.05, 0) is 11.6 Å². The van der Waals surface area contributed by atoms with Gasteiger partial charge in [0.15, 0.2) is 0 Å². The number of ether oxygens (including phenoxy) is 1. The minimum absolute atomic E-state index is 0. The van der Waals surface area contributed by atoms with Crippen molar-refractivity contribution < 1.29 is 29.4 Å². The summed E-state index contributed by atoms with van der Waals surface area (Å²) in [7, 11) is 4.16. The number of nitrogens with zero attached hydrogens (tertiary/aromatic N) is 2. The van der Waals surface area contributed by atoms with Gasteiger partial charge in [-0.1, -0.05) is 60.2 Å². The maximum Gasteiger partial charge on any atom is 0.149 e. The Morgan fingerprint density at radius 3 is 2.52 bits per heavy atom. The van der Waals surface area contributed by atoms with Crippen molar-refractivity contribution in [2.24, 2.45) is 0 Å². The molecule has 4 heterocycles. The van der Waals surface area contributed by atoms with Crippen molar-refractivity contribution in [3.63, 3.8) is 0 Å². The third-order valence-corrected chi connectivity index (χ3v) is 6.67. The van der Waals surface area contributed by atoms with E-state index in [9.17, 15) is 0 Å². The van der Waals surface area contributed by atoms with Gasteiger partial charge in [-0.25, -0.2) is 0 Å². The molecule has 0 spiro atoms. The van der Waals surface area contributed by atoms with Gasteiger partial charge in [0.05, 0.1) is 23.2 Å². The minimum atomic E-state index is -0.0224. The van der Waals surface area contributed by atoms with E-state index in [0.29, 0.717) is 0 Å². The van der Waals surface area contributed by atoms with E-state index in [-0.39, 0.29) is 32.3 Å². The summed E-state index contributed by atoms with van der Waals surface area (Å²) in [5.74, 6) is 0.932. The Labute approximate surface area is 194 Å². The molecular weight excluding hydrogens is 561 g/mol. The summed E-state index contributed by atoms with van der Waals surface area (Å²) >= 11 is 0. The van der Waals surface area contributed by atoms with Crippen molar-refractivity contribution in [3.8, 4) is 17.0 Å². The fraction of sp³-hybridized carbons (Fsp3) is 0.0741. The van der Waals surface area contributed by atoms with Crippen molar-refractivity contribution >= 4 is 21.8 Å². The van der Waals surface area contributed by atoms with E-state index in [1.54, 1.807) is 0 Å². The summed E-state index contributed by atoms with van der Waals surface area (Å²) in [5.41, 5.74) is 8.02. The molecule has 2 aliphatic heterocycles. The molecule has 0 fully saturated rings. The fourth-order valence-electron chi connectivity index (χ4n) is 5.44. The fourth-order valence-corrected chi connectivity index (χ4v) is 5.44. The van der Waals surface area contributed by atoms with Crippen molar-refractivity contribution in [1.82, 2.24) is 4.57 Å². The molecule has 2 aromatic heterocycles. The zero-order valence-electron chi connectivity index (χ0n) is 16.7. The first kappa shape index (κ1) is 18.6. The number of para-hydroxylation sites is 2. The predicted molar refractivity (Wildman–Crippen MR) is 118 cm³/mol. The molecule has 153 valence electrons. The molecule has 31 heavy (non-hydrogen) atoms. The van der Waals surface area contributed by atoms with Crippen LogP contribution in [0.3, 0.4) is 0 Å². The van der Waals surface area contributed by atoms with Crippen LogP contribution in [-0.2, 0) is 20.1 Å². The van der Waals surface area contributed by atoms with Gasteiger partial charge in [-0.15, -0.1) is 6.07 Å². The molecular formula is C27H19IrN2O-. The van der Waals surface area contributed by atoms with Crippen molar-refractivity contribution in [2.75, 3.05) is 0 Å². The van der Waals surface area contributed by atoms with E-state index in [2.05, 4.69) is 79.2 Å². The summed E-state index contributed by atoms with van der Waals surface area (Å²) in [5, 5.41) is 2.60. The molecule has 0 saturated carbocycles. The van der Waals surface area contributed by atoms with Crippen LogP contribution >= 0.6 is 0 Å². The van der Waals surface area contributed by atoms with Gasteiger partial charge in [-0.3, -0.25) is 0 Å². The number of pyridine rings is 1. The van der Waals surface area contributed by atoms with Crippen LogP contribution in [0.2, 0.25) is 0 Å². The summed E-state index contributed by atoms with van der Waals surface area (Å²) in [6.07, 6.45) is 1.94. The Morgan fingerprint density at radius 2 is 1.65 bits per heavy atom. The van der Waals surface area contributed by atoms with Gasteiger partial charge in [0, 0.05) is 49.0 Å². The first-order chi connectivity index (χ1) is 14.7. The SMILES string of the molecule is [CH2-]c1ccc2c(c1-c1cccc[n+]1[CH2-])OC1c3cccc4c5ccccc5n(c34)C21.[Ir]. The standard InChI is InChI=1S/C27H19N2O.Ir/c1-16-13-14-20-25-27(30-26(20)23(16)22-12-5-6-15-28(22)2)19-10-7-9-18-17-8-3-4-11-21(17)29(25)24(18)19;/h3-15,25,27H,1-2H2;/q-1;. The van der Waals surface area contributed by atoms with Gasteiger partial charge >= 0.3 is 0 Å². The smallest absolute Gasteiger partial charge is 0.149 e. The average Bonchev–Trinajstić information content (AvgIpc) is 3.40. The van der Waals surface area contributed by atoms with Gasteiger partial charge in [0.1, 0.15) is 12.1 Å².